The van der Waals surface area contributed by atoms with Crippen molar-refractivity contribution >= 4 is 22.8 Å². The topological polar surface area (TPSA) is 66.9 Å². The number of nitrogens with zero attached hydrogens (tertiary/aromatic N) is 4. The van der Waals surface area contributed by atoms with Gasteiger partial charge >= 0.3 is 0 Å². The van der Waals surface area contributed by atoms with E-state index in [2.05, 4.69) is 67.6 Å². The van der Waals surface area contributed by atoms with Crippen LogP contribution in [0, 0.1) is 5.41 Å². The van der Waals surface area contributed by atoms with Gasteiger partial charge in [0.1, 0.15) is 5.70 Å². The van der Waals surface area contributed by atoms with Crippen LogP contribution in [-0.4, -0.2) is 26.2 Å². The lowest BCUT2D eigenvalue weighted by Gasteiger charge is -2.17. The first-order valence-electron chi connectivity index (χ1n) is 13.5. The van der Waals surface area contributed by atoms with Crippen LogP contribution in [0.25, 0.3) is 11.4 Å². The molecule has 2 aromatic rings. The van der Waals surface area contributed by atoms with Gasteiger partial charge in [-0.1, -0.05) is 112 Å². The Bertz CT molecular complexity index is 1360. The van der Waals surface area contributed by atoms with Gasteiger partial charge in [0.15, 0.2) is 11.6 Å². The second-order valence-corrected chi connectivity index (χ2v) is 8.60. The molecule has 0 fully saturated rings. The molecule has 5 nitrogen and oxygen atoms in total. The molecule has 0 bridgehead atoms. The summed E-state index contributed by atoms with van der Waals surface area (Å²) in [4.78, 5) is 4.73. The Morgan fingerprint density at radius 3 is 2.33 bits per heavy atom. The number of hydrogen-bond acceptors (Lipinski definition) is 4. The summed E-state index contributed by atoms with van der Waals surface area (Å²) >= 11 is 0. The van der Waals surface area contributed by atoms with Gasteiger partial charge < -0.3 is 0 Å². The van der Waals surface area contributed by atoms with Crippen molar-refractivity contribution in [2.24, 2.45) is 4.99 Å². The molecule has 1 N–H and O–H groups in total. The molecule has 0 radical (unpaired) electrons. The Kier molecular flexibility index (Phi) is 13.0. The molecular formula is C34H41N5. The van der Waals surface area contributed by atoms with E-state index in [4.69, 9.17) is 10.4 Å². The number of benzene rings is 1. The average Bonchev–Trinajstić information content (AvgIpc) is 3.43. The maximum atomic E-state index is 8.74. The third-order valence-electron chi connectivity index (χ3n) is 5.85. The molecule has 5 heteroatoms. The number of rotatable bonds is 11. The van der Waals surface area contributed by atoms with Gasteiger partial charge in [-0.3, -0.25) is 9.98 Å². The molecule has 39 heavy (non-hydrogen) atoms. The van der Waals surface area contributed by atoms with E-state index in [1.165, 1.54) is 5.57 Å². The van der Waals surface area contributed by atoms with E-state index >= 15 is 0 Å². The number of aromatic nitrogens is 3. The lowest BCUT2D eigenvalue weighted by atomic mass is 10.0. The van der Waals surface area contributed by atoms with E-state index in [9.17, 15) is 0 Å². The van der Waals surface area contributed by atoms with E-state index in [0.717, 1.165) is 36.1 Å². The molecule has 1 aromatic heterocycles. The van der Waals surface area contributed by atoms with Crippen LogP contribution in [-0.2, 0) is 0 Å². The Morgan fingerprint density at radius 2 is 1.72 bits per heavy atom. The maximum Gasteiger partial charge on any atom is 0.186 e. The molecule has 0 spiro atoms. The van der Waals surface area contributed by atoms with Crippen LogP contribution < -0.4 is 0 Å². The summed E-state index contributed by atoms with van der Waals surface area (Å²) in [5, 5.41) is 17.5. The predicted octanol–water partition coefficient (Wildman–Crippen LogP) is 8.92. The number of aliphatic imine (C=N–C) groups is 1. The molecular weight excluding hydrogens is 478 g/mol. The fourth-order valence-electron chi connectivity index (χ4n) is 3.76. The molecule has 0 unspecified atom stereocenters. The lowest BCUT2D eigenvalue weighted by Crippen LogP contribution is -2.12. The van der Waals surface area contributed by atoms with E-state index in [-0.39, 0.29) is 5.71 Å². The molecule has 0 amide bonds. The van der Waals surface area contributed by atoms with Crippen molar-refractivity contribution in [2.45, 2.75) is 53.9 Å². The van der Waals surface area contributed by atoms with Gasteiger partial charge in [-0.15, -0.1) is 10.2 Å². The summed E-state index contributed by atoms with van der Waals surface area (Å²) in [6.07, 6.45) is 22.4. The smallest absolute Gasteiger partial charge is 0.186 e. The van der Waals surface area contributed by atoms with E-state index in [0.29, 0.717) is 23.1 Å². The fourth-order valence-corrected chi connectivity index (χ4v) is 3.76. The third kappa shape index (κ3) is 8.85. The minimum Gasteiger partial charge on any atom is -0.297 e. The van der Waals surface area contributed by atoms with Gasteiger partial charge in [-0.25, -0.2) is 4.99 Å². The van der Waals surface area contributed by atoms with Crippen LogP contribution in [0.3, 0.4) is 0 Å². The van der Waals surface area contributed by atoms with Crippen molar-refractivity contribution in [3.63, 3.8) is 0 Å². The quantitative estimate of drug-likeness (QED) is 0.238. The third-order valence-corrected chi connectivity index (χ3v) is 5.85. The standard InChI is InChI=1S/C32H35N5.C2H6/c1-6-9-15-26(7-2)16-13-14-19-29(33)32-36-35-31(37(32)28-22-20-24(4)21-23-28)25(5)34-30(8-3)27-17-11-10-12-18-27;1-2/h7-20,22,33H,3,5-6,21,23H2,1-2,4H3;1-2H3/b15-9-,16-13+,19-14-,26-7+,33-29?,34-30?;. The molecule has 1 heterocycles. The minimum atomic E-state index is 0.255. The molecule has 202 valence electrons. The van der Waals surface area contributed by atoms with Crippen LogP contribution in [0.5, 0.6) is 0 Å². The normalized spacial score (nSPS) is 14.3. The monoisotopic (exact) mass is 519 g/mol. The molecule has 0 saturated heterocycles. The van der Waals surface area contributed by atoms with E-state index in [1.54, 1.807) is 12.2 Å². The molecule has 0 atom stereocenters. The Morgan fingerprint density at radius 1 is 1.03 bits per heavy atom. The minimum absolute atomic E-state index is 0.255. The number of nitrogens with one attached hydrogen (secondary N) is 1. The van der Waals surface area contributed by atoms with E-state index < -0.39 is 0 Å². The number of hydrogen-bond donors (Lipinski definition) is 1. The molecule has 1 aliphatic rings. The zero-order valence-corrected chi connectivity index (χ0v) is 24.0. The van der Waals surface area contributed by atoms with Crippen LogP contribution >= 0.6 is 0 Å². The molecule has 1 aliphatic carbocycles. The van der Waals surface area contributed by atoms with Crippen LogP contribution in [0.1, 0.15) is 71.1 Å². The largest absolute Gasteiger partial charge is 0.297 e. The first kappa shape index (κ1) is 30.8. The predicted molar refractivity (Wildman–Crippen MR) is 169 cm³/mol. The maximum absolute atomic E-state index is 8.74. The highest BCUT2D eigenvalue weighted by atomic mass is 15.3. The highest BCUT2D eigenvalue weighted by Crippen LogP contribution is 2.27. The first-order chi connectivity index (χ1) is 19.0. The molecule has 0 saturated carbocycles. The summed E-state index contributed by atoms with van der Waals surface area (Å²) in [6, 6.07) is 9.84. The van der Waals surface area contributed by atoms with Crippen molar-refractivity contribution in [1.82, 2.24) is 14.8 Å². The van der Waals surface area contributed by atoms with Crippen molar-refractivity contribution < 1.29 is 0 Å². The van der Waals surface area contributed by atoms with Gasteiger partial charge in [0.05, 0.1) is 11.4 Å². The molecule has 0 aliphatic heterocycles. The SMILES string of the molecule is C=CC(=NC(=C)c1nnc(C(=N)\C=C/C=C/C(/C=C\CC)=C/C)n1C1=CC=C(C)CC1)c1ccccc1.CC. The van der Waals surface area contributed by atoms with Crippen molar-refractivity contribution in [3.05, 3.63) is 133 Å². The van der Waals surface area contributed by atoms with E-state index in [1.807, 2.05) is 73.9 Å². The van der Waals surface area contributed by atoms with Crippen LogP contribution in [0.2, 0.25) is 0 Å². The highest BCUT2D eigenvalue weighted by Gasteiger charge is 2.21. The van der Waals surface area contributed by atoms with Gasteiger partial charge in [-0.05, 0) is 56.9 Å². The van der Waals surface area contributed by atoms with Gasteiger partial charge in [0, 0.05) is 11.3 Å². The van der Waals surface area contributed by atoms with Gasteiger partial charge in [0.2, 0.25) is 0 Å². The zero-order valence-electron chi connectivity index (χ0n) is 24.0. The summed E-state index contributed by atoms with van der Waals surface area (Å²) in [7, 11) is 0. The van der Waals surface area contributed by atoms with Crippen molar-refractivity contribution in [1.29, 1.82) is 5.41 Å². The van der Waals surface area contributed by atoms with Crippen molar-refractivity contribution in [3.8, 4) is 0 Å². The highest BCUT2D eigenvalue weighted by molar-refractivity contribution is 6.10. The average molecular weight is 520 g/mol. The lowest BCUT2D eigenvalue weighted by molar-refractivity contribution is 0.885. The van der Waals surface area contributed by atoms with Crippen LogP contribution in [0.15, 0.2) is 120 Å². The zero-order chi connectivity index (χ0) is 28.6. The van der Waals surface area contributed by atoms with Crippen LogP contribution in [0.4, 0.5) is 0 Å². The Labute approximate surface area is 234 Å². The second-order valence-electron chi connectivity index (χ2n) is 8.60. The summed E-state index contributed by atoms with van der Waals surface area (Å²) < 4.78 is 1.90. The summed E-state index contributed by atoms with van der Waals surface area (Å²) in [6.45, 7) is 18.4. The van der Waals surface area contributed by atoms with Gasteiger partial charge in [0.25, 0.3) is 0 Å². The molecule has 1 aromatic carbocycles. The summed E-state index contributed by atoms with van der Waals surface area (Å²) in [5.41, 5.74) is 5.79. The first-order valence-corrected chi connectivity index (χ1v) is 13.5. The van der Waals surface area contributed by atoms with Gasteiger partial charge in [-0.2, -0.15) is 0 Å². The Balaban J connectivity index is 0.00000260. The number of allylic oxidation sites excluding steroid dienone is 13. The molecule has 3 rings (SSSR count). The Hall–Kier alpha value is -4.38. The van der Waals surface area contributed by atoms with Crippen molar-refractivity contribution in [2.75, 3.05) is 0 Å². The summed E-state index contributed by atoms with van der Waals surface area (Å²) in [5.74, 6) is 0.964. The second kappa shape index (κ2) is 16.5. The fraction of sp³-hybridized carbons (Fsp3) is 0.235.